The van der Waals surface area contributed by atoms with E-state index in [-0.39, 0.29) is 46.6 Å². The summed E-state index contributed by atoms with van der Waals surface area (Å²) >= 11 is 6.18. The minimum atomic E-state index is -1.65. The molecule has 0 aromatic heterocycles. The highest BCUT2D eigenvalue weighted by molar-refractivity contribution is 6.32. The van der Waals surface area contributed by atoms with Gasteiger partial charge in [-0.15, -0.1) is 0 Å². The number of hydrogen-bond acceptors (Lipinski definition) is 16. The molecule has 7 aliphatic rings. The molecule has 366 valence electrons. The zero-order chi connectivity index (χ0) is 48.3. The Labute approximate surface area is 393 Å². The van der Waals surface area contributed by atoms with E-state index in [0.717, 1.165) is 12.8 Å². The second-order valence-corrected chi connectivity index (χ2v) is 19.9. The summed E-state index contributed by atoms with van der Waals surface area (Å²) in [6.07, 6.45) is 1.93. The van der Waals surface area contributed by atoms with E-state index in [9.17, 15) is 49.8 Å². The number of phenols is 1. The molecular formula is C49H61ClO17. The van der Waals surface area contributed by atoms with E-state index in [1.54, 1.807) is 33.8 Å². The van der Waals surface area contributed by atoms with Crippen molar-refractivity contribution >= 4 is 35.5 Å². The van der Waals surface area contributed by atoms with Crippen LogP contribution in [0.25, 0.3) is 0 Å². The fourth-order valence-corrected chi connectivity index (χ4v) is 11.6. The van der Waals surface area contributed by atoms with Gasteiger partial charge in [0.2, 0.25) is 0 Å². The van der Waals surface area contributed by atoms with Gasteiger partial charge in [0.05, 0.1) is 23.7 Å². The van der Waals surface area contributed by atoms with Crippen LogP contribution in [0.15, 0.2) is 59.6 Å². The molecule has 2 saturated heterocycles. The molecule has 0 amide bonds. The number of aliphatic hydroxyl groups excluding tert-OH is 4. The number of carbonyl (C=O) groups excluding carboxylic acids is 3. The molecule has 6 N–H and O–H groups in total. The Kier molecular flexibility index (Phi) is 14.1. The standard InChI is InChI=1S/C49H61ClO17/c1-22-21-49-27(19-29(22)43(56)57)12-9-7-6-8-11-26-15-16-28-30(48(26,5)47(60)66-41(42(49)55)45(59)67-49)13-10-14-33(28)64-46-39(54)38(53)40(25(4)62-46)65-35-20-34(37(52)24(3)61-35)63-44(58)36-23(2)31(50)17-18-32(36)51/h9,12,15-19,22,24-28,30,33-35,37-40,46,51-55H,6-8,10-11,13-14,20-21H2,1-5H3,(H,56,57)/b12-9+/t22-,24-,25-,26?,27?,28?,30?,33+,34-,35+,37-,38-,39?,40-,46+,48-,49?/m1/s1. The molecule has 17 nitrogen and oxygen atoms in total. The first-order valence-corrected chi connectivity index (χ1v) is 23.7. The number of phenolic OH excluding ortho intramolecular Hbond substituents is 1. The van der Waals surface area contributed by atoms with Crippen molar-refractivity contribution < 1.29 is 83.0 Å². The first kappa shape index (κ1) is 49.1. The van der Waals surface area contributed by atoms with Crippen LogP contribution in [0, 0.1) is 41.9 Å². The fourth-order valence-electron chi connectivity index (χ4n) is 11.5. The number of carboxylic acid groups (broad SMARTS) is 1. The van der Waals surface area contributed by atoms with E-state index in [1.165, 1.54) is 18.2 Å². The Bertz CT molecular complexity index is 2240. The number of halogens is 1. The maximum atomic E-state index is 14.8. The summed E-state index contributed by atoms with van der Waals surface area (Å²) in [5.41, 5.74) is -2.59. The van der Waals surface area contributed by atoms with Crippen LogP contribution in [0.2, 0.25) is 5.02 Å². The third kappa shape index (κ3) is 8.95. The van der Waals surface area contributed by atoms with Crippen molar-refractivity contribution in [2.75, 3.05) is 0 Å². The summed E-state index contributed by atoms with van der Waals surface area (Å²) in [5.74, 6) is -7.75. The summed E-state index contributed by atoms with van der Waals surface area (Å²) in [6.45, 7) is 8.23. The highest BCUT2D eigenvalue weighted by Crippen LogP contribution is 2.55. The molecule has 1 spiro atoms. The van der Waals surface area contributed by atoms with E-state index in [0.29, 0.717) is 37.7 Å². The third-order valence-corrected chi connectivity index (χ3v) is 15.8. The van der Waals surface area contributed by atoms with Gasteiger partial charge in [-0.1, -0.05) is 61.7 Å². The van der Waals surface area contributed by atoms with E-state index < -0.39 is 126 Å². The van der Waals surface area contributed by atoms with Gasteiger partial charge in [-0.25, -0.2) is 14.4 Å². The number of rotatable bonds is 7. The molecule has 18 heteroatoms. The van der Waals surface area contributed by atoms with Crippen molar-refractivity contribution in [3.05, 3.63) is 75.8 Å². The minimum absolute atomic E-state index is 0.0340. The number of esters is 3. The molecule has 17 atom stereocenters. The van der Waals surface area contributed by atoms with Gasteiger partial charge in [0.15, 0.2) is 23.9 Å². The van der Waals surface area contributed by atoms with E-state index in [4.69, 9.17) is 44.8 Å². The number of fused-ring (bicyclic) bond motifs is 3. The average molecular weight is 957 g/mol. The van der Waals surface area contributed by atoms with Crippen LogP contribution in [0.5, 0.6) is 5.75 Å². The lowest BCUT2D eigenvalue weighted by atomic mass is 9.55. The highest BCUT2D eigenvalue weighted by atomic mass is 35.5. The molecule has 2 bridgehead atoms. The molecular weight excluding hydrogens is 896 g/mol. The summed E-state index contributed by atoms with van der Waals surface area (Å²) < 4.78 is 42.3. The van der Waals surface area contributed by atoms with Crippen LogP contribution in [-0.2, 0) is 47.5 Å². The smallest absolute Gasteiger partial charge is 0.379 e. The van der Waals surface area contributed by atoms with Gasteiger partial charge >= 0.3 is 23.9 Å². The third-order valence-electron chi connectivity index (χ3n) is 15.4. The van der Waals surface area contributed by atoms with Crippen molar-refractivity contribution in [2.24, 2.45) is 35.0 Å². The first-order chi connectivity index (χ1) is 31.8. The van der Waals surface area contributed by atoms with Crippen LogP contribution >= 0.6 is 11.6 Å². The lowest BCUT2D eigenvalue weighted by Gasteiger charge is -2.51. The Morgan fingerprint density at radius 1 is 0.881 bits per heavy atom. The van der Waals surface area contributed by atoms with Gasteiger partial charge in [0.1, 0.15) is 41.8 Å². The molecule has 3 aliphatic carbocycles. The predicted molar refractivity (Wildman–Crippen MR) is 235 cm³/mol. The van der Waals surface area contributed by atoms with Gasteiger partial charge in [0.25, 0.3) is 5.76 Å². The van der Waals surface area contributed by atoms with Crippen molar-refractivity contribution in [2.45, 2.75) is 159 Å². The zero-order valence-electron chi connectivity index (χ0n) is 38.1. The van der Waals surface area contributed by atoms with Gasteiger partial charge in [-0.2, -0.15) is 0 Å². The predicted octanol–water partition coefficient (Wildman–Crippen LogP) is 5.63. The molecule has 1 aromatic carbocycles. The van der Waals surface area contributed by atoms with Gasteiger partial charge in [-0.3, -0.25) is 4.79 Å². The molecule has 4 heterocycles. The second-order valence-electron chi connectivity index (χ2n) is 19.5. The van der Waals surface area contributed by atoms with E-state index in [2.05, 4.69) is 0 Å². The summed E-state index contributed by atoms with van der Waals surface area (Å²) in [7, 11) is 0. The molecule has 0 radical (unpaired) electrons. The number of aliphatic hydroxyl groups is 4. The molecule has 1 saturated carbocycles. The Morgan fingerprint density at radius 3 is 2.39 bits per heavy atom. The molecule has 8 rings (SSSR count). The average Bonchev–Trinajstić information content (AvgIpc) is 3.50. The zero-order valence-corrected chi connectivity index (χ0v) is 38.9. The number of allylic oxidation sites excluding steroid dienone is 2. The van der Waals surface area contributed by atoms with Crippen molar-refractivity contribution in [1.82, 2.24) is 0 Å². The summed E-state index contributed by atoms with van der Waals surface area (Å²) in [6, 6.07) is 2.71. The normalized spacial score (nSPS) is 41.6. The van der Waals surface area contributed by atoms with Gasteiger partial charge in [-0.05, 0) is 95.2 Å². The molecule has 1 aromatic rings. The van der Waals surface area contributed by atoms with Crippen LogP contribution in [0.1, 0.15) is 101 Å². The number of carboxylic acids is 1. The number of ether oxygens (including phenoxy) is 7. The van der Waals surface area contributed by atoms with E-state index >= 15 is 0 Å². The van der Waals surface area contributed by atoms with Gasteiger partial charge in [0, 0.05) is 35.3 Å². The fraction of sp³-hybridized carbons (Fsp3) is 0.633. The van der Waals surface area contributed by atoms with Crippen LogP contribution < -0.4 is 0 Å². The topological polar surface area (TPSA) is 254 Å². The quantitative estimate of drug-likeness (QED) is 0.110. The highest BCUT2D eigenvalue weighted by Gasteiger charge is 2.60. The SMILES string of the molecule is Cc1c(Cl)ccc(O)c1C(=O)O[C@@H]1C[C@H](O[C@H]2[C@H](O)C(O)[C@H](O[C@H]3CCCC4C3C=CC3CCCC/C=C/C5C=C(C(=O)O)[C@H](C)CC56OC(=O)C(=C6O)OC(=O)[C@]34C)O[C@@H]2C)O[C@H](C)[C@H]1O. The monoisotopic (exact) mass is 956 g/mol. The summed E-state index contributed by atoms with van der Waals surface area (Å²) in [4.78, 5) is 53.7. The van der Waals surface area contributed by atoms with Crippen LogP contribution in [0.4, 0.5) is 0 Å². The number of aliphatic carboxylic acids is 1. The van der Waals surface area contributed by atoms with Crippen LogP contribution in [0.3, 0.4) is 0 Å². The number of carbonyl (C=O) groups is 4. The number of benzene rings is 1. The number of hydrogen-bond donors (Lipinski definition) is 6. The Morgan fingerprint density at radius 2 is 1.64 bits per heavy atom. The maximum Gasteiger partial charge on any atom is 0.379 e. The second kappa shape index (κ2) is 19.2. The summed E-state index contributed by atoms with van der Waals surface area (Å²) in [5, 5.41) is 66.3. The Hall–Kier alpha value is -4.33. The van der Waals surface area contributed by atoms with Crippen molar-refractivity contribution in [1.29, 1.82) is 0 Å². The Balaban J connectivity index is 0.970. The first-order valence-electron chi connectivity index (χ1n) is 23.3. The minimum Gasteiger partial charge on any atom is -0.507 e. The lowest BCUT2D eigenvalue weighted by Crippen LogP contribution is -2.61. The maximum absolute atomic E-state index is 14.8. The van der Waals surface area contributed by atoms with Gasteiger partial charge < -0.3 is 63.8 Å². The van der Waals surface area contributed by atoms with Crippen LogP contribution in [-0.4, -0.2) is 122 Å². The largest absolute Gasteiger partial charge is 0.507 e. The molecule has 3 fully saturated rings. The molecule has 6 unspecified atom stereocenters. The molecule has 4 aliphatic heterocycles. The molecule has 67 heavy (non-hydrogen) atoms. The number of aromatic hydroxyl groups is 1. The van der Waals surface area contributed by atoms with Crippen molar-refractivity contribution in [3.63, 3.8) is 0 Å². The van der Waals surface area contributed by atoms with Crippen molar-refractivity contribution in [3.8, 4) is 5.75 Å². The lowest BCUT2D eigenvalue weighted by molar-refractivity contribution is -0.343. The van der Waals surface area contributed by atoms with E-state index in [1.807, 2.05) is 25.2 Å².